The van der Waals surface area contributed by atoms with Crippen LogP contribution in [-0.2, 0) is 66.9 Å². The molecule has 28 heteroatoms. The van der Waals surface area contributed by atoms with Crippen LogP contribution < -0.4 is 53.2 Å². The average Bonchev–Trinajstić information content (AvgIpc) is 0.805. The molecule has 4 unspecified atom stereocenters. The summed E-state index contributed by atoms with van der Waals surface area (Å²) in [5, 5.41) is 53.3. The van der Waals surface area contributed by atoms with Crippen molar-refractivity contribution in [3.05, 3.63) is 192 Å². The van der Waals surface area contributed by atoms with Crippen molar-refractivity contribution in [1.82, 2.24) is 52.5 Å². The van der Waals surface area contributed by atoms with Crippen molar-refractivity contribution >= 4 is 92.4 Å². The van der Waals surface area contributed by atoms with Crippen molar-refractivity contribution in [3.63, 3.8) is 0 Å². The predicted molar refractivity (Wildman–Crippen MR) is 444 cm³/mol. The number of benzene rings is 6. The van der Waals surface area contributed by atoms with Crippen molar-refractivity contribution in [1.29, 1.82) is 0 Å². The molecule has 0 saturated heterocycles. The first-order valence-electron chi connectivity index (χ1n) is 39.8. The van der Waals surface area contributed by atoms with Gasteiger partial charge in [-0.3, -0.25) is 47.9 Å². The first-order chi connectivity index (χ1) is 56.3. The van der Waals surface area contributed by atoms with Crippen molar-refractivity contribution in [3.8, 4) is 22.3 Å². The second-order valence-corrected chi connectivity index (χ2v) is 28.2. The number of amides is 8. The van der Waals surface area contributed by atoms with Gasteiger partial charge in [-0.15, -0.1) is 0 Å². The molecular weight excluding hydrogens is 1480 g/mol. The number of rotatable bonds is 55. The van der Waals surface area contributed by atoms with E-state index in [1.165, 1.54) is 0 Å². The maximum atomic E-state index is 14.0. The van der Waals surface area contributed by atoms with Crippen molar-refractivity contribution in [2.75, 3.05) is 103 Å². The van der Waals surface area contributed by atoms with Crippen LogP contribution in [0.4, 0.5) is 11.6 Å². The maximum Gasteiger partial charge on any atom is 0.305 e. The van der Waals surface area contributed by atoms with Gasteiger partial charge >= 0.3 is 11.9 Å². The summed E-state index contributed by atoms with van der Waals surface area (Å²) < 4.78 is 22.2. The van der Waals surface area contributed by atoms with Crippen molar-refractivity contribution in [2.24, 2.45) is 0 Å². The highest BCUT2D eigenvalue weighted by molar-refractivity contribution is 5.98. The lowest BCUT2D eigenvalue weighted by Crippen LogP contribution is -2.48. The Morgan fingerprint density at radius 2 is 0.724 bits per heavy atom. The largest absolute Gasteiger partial charge is 0.481 e. The molecule has 12 N–H and O–H groups in total. The molecule has 0 aliphatic heterocycles. The van der Waals surface area contributed by atoms with Crippen LogP contribution in [0.1, 0.15) is 137 Å². The smallest absolute Gasteiger partial charge is 0.305 e. The van der Waals surface area contributed by atoms with Gasteiger partial charge in [-0.2, -0.15) is 0 Å². The number of carbonyl (C=O) groups excluding carboxylic acids is 8. The van der Waals surface area contributed by atoms with E-state index in [1.807, 2.05) is 172 Å². The zero-order valence-corrected chi connectivity index (χ0v) is 66.2. The highest BCUT2D eigenvalue weighted by atomic mass is 16.5. The molecule has 8 amide bonds. The Morgan fingerprint density at radius 3 is 1.12 bits per heavy atom. The maximum absolute atomic E-state index is 14.0. The Kier molecular flexibility index (Phi) is 39.1. The number of unbranched alkanes of at least 4 members (excludes halogenated alkanes) is 2. The summed E-state index contributed by atoms with van der Waals surface area (Å²) in [4.78, 5) is 138. The molecule has 0 spiro atoms. The first-order valence-corrected chi connectivity index (χ1v) is 39.8. The summed E-state index contributed by atoms with van der Waals surface area (Å²) in [5.41, 5.74) is 7.17. The van der Waals surface area contributed by atoms with Gasteiger partial charge in [0, 0.05) is 90.2 Å². The molecule has 0 saturated carbocycles. The van der Waals surface area contributed by atoms with E-state index in [2.05, 4.69) is 63.1 Å². The molecular formula is C88H110N12O16. The monoisotopic (exact) mass is 1590 g/mol. The number of carboxylic acids is 2. The number of aromatic nitrogens is 2. The standard InChI is InChI=1S/C88H110N12O16/c1-61-37-45-91-77(57-61)89-43-13-25-83(105)97-73(87(111)99-75(59-85(107)108)67-31-27-65(28-32-67)71-21-11-17-63-15-3-5-19-69(63)71)23-7-9-41-93-81(103)39-49-113-53-55-115-51-47-95-79(101)35-36-80(102)96-48-52-116-56-54-114-50-40-82(104)94-42-10-8-24-74(98-84(106)26-14-44-90-78-58-62(2)38-46-92-78)88(112)100-76(60-86(109)110)68-33-29-66(30-34-68)72-22-12-18-64-16-4-6-20-70(64)72/h3-6,11-12,15-22,27-34,37-38,45-46,57-58,73-76H,7-10,13-14,23-26,35-36,39-44,47-56,59-60H2,1-2H3,(H,89,91)(H,90,92)(H,93,103)(H,94,104)(H,95,101)(H,96,102)(H,97,105)(H,98,106)(H,99,111)(H,100,112)(H,107,108)(H,109,110). The van der Waals surface area contributed by atoms with Gasteiger partial charge in [0.1, 0.15) is 23.7 Å². The molecule has 2 aromatic heterocycles. The van der Waals surface area contributed by atoms with E-state index < -0.39 is 47.9 Å². The predicted octanol–water partition coefficient (Wildman–Crippen LogP) is 9.88. The molecule has 8 aromatic rings. The molecule has 6 aromatic carbocycles. The number of aliphatic carboxylic acids is 2. The number of aryl methyl sites for hydroxylation is 2. The minimum Gasteiger partial charge on any atom is -0.481 e. The van der Waals surface area contributed by atoms with Gasteiger partial charge in [-0.1, -0.05) is 133 Å². The van der Waals surface area contributed by atoms with E-state index >= 15 is 0 Å². The van der Waals surface area contributed by atoms with Crippen LogP contribution in [0.15, 0.2) is 170 Å². The summed E-state index contributed by atoms with van der Waals surface area (Å²) in [6.45, 7) is 7.46. The number of ether oxygens (including phenoxy) is 4. The Labute approximate surface area is 676 Å². The van der Waals surface area contributed by atoms with E-state index in [0.29, 0.717) is 87.5 Å². The number of hydrogen-bond donors (Lipinski definition) is 12. The minimum atomic E-state index is -1.10. The second kappa shape index (κ2) is 50.5. The van der Waals surface area contributed by atoms with E-state index in [9.17, 15) is 58.2 Å². The van der Waals surface area contributed by atoms with Crippen LogP contribution in [0.2, 0.25) is 0 Å². The SMILES string of the molecule is Cc1ccnc(NCCCC(=O)NC(CCCCNC(=O)CCOCCOCCNC(=O)CCC(=O)NCCOCCOCCC(=O)NCCCCC(NC(=O)CCCNc2cc(C)ccn2)C(=O)NC(CC(=O)O)c2ccc(-c3cccc4ccccc34)cc2)C(=O)NC(CC(=O)O)c2ccc(-c3cccc4ccccc34)cc2)c1. The minimum absolute atomic E-state index is 0.0291. The normalized spacial score (nSPS) is 12.1. The summed E-state index contributed by atoms with van der Waals surface area (Å²) in [5.74, 6) is -3.67. The lowest BCUT2D eigenvalue weighted by atomic mass is 9.95. The molecule has 618 valence electrons. The number of nitrogens with one attached hydrogen (secondary N) is 10. The second-order valence-electron chi connectivity index (χ2n) is 28.2. The number of anilines is 2. The lowest BCUT2D eigenvalue weighted by molar-refractivity contribution is -0.139. The average molecular weight is 1590 g/mol. The summed E-state index contributed by atoms with van der Waals surface area (Å²) in [6, 6.07) is 46.9. The van der Waals surface area contributed by atoms with Crippen LogP contribution in [0, 0.1) is 13.8 Å². The van der Waals surface area contributed by atoms with Gasteiger partial charge in [0.05, 0.1) is 77.8 Å². The third-order valence-electron chi connectivity index (χ3n) is 19.0. The molecule has 8 rings (SSSR count). The molecule has 2 heterocycles. The van der Waals surface area contributed by atoms with Crippen LogP contribution >= 0.6 is 0 Å². The molecule has 0 aliphatic carbocycles. The van der Waals surface area contributed by atoms with Crippen LogP contribution in [0.3, 0.4) is 0 Å². The van der Waals surface area contributed by atoms with E-state index in [4.69, 9.17) is 18.9 Å². The van der Waals surface area contributed by atoms with Gasteiger partial charge in [-0.05, 0) is 156 Å². The number of fused-ring (bicyclic) bond motifs is 2. The van der Waals surface area contributed by atoms with Crippen molar-refractivity contribution < 1.29 is 77.1 Å². The third-order valence-corrected chi connectivity index (χ3v) is 19.0. The summed E-state index contributed by atoms with van der Waals surface area (Å²) >= 11 is 0. The Balaban J connectivity index is 0.626. The number of pyridine rings is 2. The number of carbonyl (C=O) groups is 10. The van der Waals surface area contributed by atoms with Gasteiger partial charge in [0.15, 0.2) is 0 Å². The van der Waals surface area contributed by atoms with Crippen LogP contribution in [0.25, 0.3) is 43.8 Å². The number of nitrogens with zero attached hydrogens (tertiary/aromatic N) is 2. The summed E-state index contributed by atoms with van der Waals surface area (Å²) in [7, 11) is 0. The zero-order valence-electron chi connectivity index (χ0n) is 66.2. The van der Waals surface area contributed by atoms with Gasteiger partial charge < -0.3 is 82.3 Å². The topological polar surface area (TPSA) is 394 Å². The molecule has 116 heavy (non-hydrogen) atoms. The fourth-order valence-corrected chi connectivity index (χ4v) is 12.9. The molecule has 0 aliphatic rings. The molecule has 0 fully saturated rings. The Morgan fingerprint density at radius 1 is 0.353 bits per heavy atom. The molecule has 28 nitrogen and oxygen atoms in total. The number of carboxylic acid groups (broad SMARTS) is 2. The van der Waals surface area contributed by atoms with Crippen LogP contribution in [-0.4, -0.2) is 184 Å². The first kappa shape index (κ1) is 89.8. The highest BCUT2D eigenvalue weighted by Crippen LogP contribution is 2.32. The fraction of sp³-hybridized carbons (Fsp3) is 0.409. The summed E-state index contributed by atoms with van der Waals surface area (Å²) in [6.07, 6.45) is 6.30. The fourth-order valence-electron chi connectivity index (χ4n) is 12.9. The molecule has 0 bridgehead atoms. The van der Waals surface area contributed by atoms with E-state index in [-0.39, 0.29) is 166 Å². The molecule has 0 radical (unpaired) electrons. The lowest BCUT2D eigenvalue weighted by Gasteiger charge is -2.23. The molecule has 4 atom stereocenters. The van der Waals surface area contributed by atoms with Crippen molar-refractivity contribution in [2.45, 2.75) is 141 Å². The third kappa shape index (κ3) is 33.4. The number of hydrogen-bond acceptors (Lipinski definition) is 18. The quantitative estimate of drug-likeness (QED) is 0.0158. The zero-order chi connectivity index (χ0) is 82.5. The Hall–Kier alpha value is -11.7. The van der Waals surface area contributed by atoms with Crippen LogP contribution in [0.5, 0.6) is 0 Å². The van der Waals surface area contributed by atoms with Gasteiger partial charge in [-0.25, -0.2) is 9.97 Å². The Bertz CT molecular complexity index is 4180. The highest BCUT2D eigenvalue weighted by Gasteiger charge is 2.28. The van der Waals surface area contributed by atoms with E-state index in [1.54, 1.807) is 12.4 Å². The van der Waals surface area contributed by atoms with Gasteiger partial charge in [0.25, 0.3) is 0 Å². The van der Waals surface area contributed by atoms with E-state index in [0.717, 1.165) is 54.9 Å². The van der Waals surface area contributed by atoms with Gasteiger partial charge in [0.2, 0.25) is 47.3 Å².